The van der Waals surface area contributed by atoms with Gasteiger partial charge in [0.1, 0.15) is 11.6 Å². The van der Waals surface area contributed by atoms with Crippen LogP contribution in [0, 0.1) is 0 Å². The molecular formula is C21H22ClN3O. The fraction of sp³-hybridized carbons (Fsp3) is 0.286. The van der Waals surface area contributed by atoms with Gasteiger partial charge in [0.15, 0.2) is 0 Å². The molecule has 1 heterocycles. The Morgan fingerprint density at radius 1 is 1.00 bits per heavy atom. The molecule has 134 valence electrons. The van der Waals surface area contributed by atoms with E-state index in [2.05, 4.69) is 22.4 Å². The summed E-state index contributed by atoms with van der Waals surface area (Å²) in [6.07, 6.45) is 6.25. The third-order valence-electron chi connectivity index (χ3n) is 4.81. The number of hydrogen-bond acceptors (Lipinski definition) is 4. The Morgan fingerprint density at radius 2 is 1.85 bits per heavy atom. The number of fused-ring (bicyclic) bond motifs is 1. The molecule has 0 spiro atoms. The largest absolute Gasteiger partial charge is 0.490 e. The second kappa shape index (κ2) is 7.52. The first-order valence-electron chi connectivity index (χ1n) is 9.00. The van der Waals surface area contributed by atoms with Crippen LogP contribution in [0.1, 0.15) is 25.7 Å². The molecule has 2 aromatic carbocycles. The number of pyridine rings is 1. The van der Waals surface area contributed by atoms with Gasteiger partial charge in [0.2, 0.25) is 0 Å². The Hall–Kier alpha value is -2.30. The summed E-state index contributed by atoms with van der Waals surface area (Å²) in [5.74, 6) is 1.68. The van der Waals surface area contributed by atoms with E-state index in [1.165, 1.54) is 0 Å². The quantitative estimate of drug-likeness (QED) is 0.658. The fourth-order valence-corrected chi connectivity index (χ4v) is 3.56. The van der Waals surface area contributed by atoms with E-state index in [9.17, 15) is 0 Å². The first kappa shape index (κ1) is 17.1. The zero-order chi connectivity index (χ0) is 17.9. The summed E-state index contributed by atoms with van der Waals surface area (Å²) in [7, 11) is 0. The molecule has 4 rings (SSSR count). The molecule has 1 aromatic heterocycles. The second-order valence-corrected chi connectivity index (χ2v) is 7.30. The van der Waals surface area contributed by atoms with Crippen molar-refractivity contribution in [1.82, 2.24) is 4.98 Å². The predicted molar refractivity (Wildman–Crippen MR) is 107 cm³/mol. The van der Waals surface area contributed by atoms with Gasteiger partial charge in [-0.3, -0.25) is 0 Å². The van der Waals surface area contributed by atoms with Crippen LogP contribution in [0.15, 0.2) is 54.7 Å². The maximum absolute atomic E-state index is 6.17. The average Bonchev–Trinajstić information content (AvgIpc) is 2.63. The van der Waals surface area contributed by atoms with Crippen LogP contribution >= 0.6 is 11.6 Å². The zero-order valence-electron chi connectivity index (χ0n) is 14.5. The molecule has 5 heteroatoms. The number of aromatic nitrogens is 1. The van der Waals surface area contributed by atoms with Gasteiger partial charge >= 0.3 is 0 Å². The molecule has 0 saturated heterocycles. The van der Waals surface area contributed by atoms with Crippen molar-refractivity contribution in [3.05, 3.63) is 59.8 Å². The van der Waals surface area contributed by atoms with Gasteiger partial charge in [-0.1, -0.05) is 17.7 Å². The molecule has 0 bridgehead atoms. The van der Waals surface area contributed by atoms with Crippen molar-refractivity contribution in [2.45, 2.75) is 37.8 Å². The number of rotatable bonds is 4. The van der Waals surface area contributed by atoms with E-state index in [1.54, 1.807) is 0 Å². The van der Waals surface area contributed by atoms with E-state index < -0.39 is 0 Å². The first-order chi connectivity index (χ1) is 12.7. The van der Waals surface area contributed by atoms with Crippen molar-refractivity contribution < 1.29 is 4.74 Å². The van der Waals surface area contributed by atoms with E-state index in [-0.39, 0.29) is 6.10 Å². The molecule has 0 amide bonds. The van der Waals surface area contributed by atoms with Gasteiger partial charge in [-0.15, -0.1) is 0 Å². The molecule has 1 saturated carbocycles. The minimum absolute atomic E-state index is 0.262. The molecule has 0 radical (unpaired) electrons. The highest BCUT2D eigenvalue weighted by Gasteiger charge is 2.19. The third kappa shape index (κ3) is 4.09. The Balaban J connectivity index is 1.52. The van der Waals surface area contributed by atoms with E-state index >= 15 is 0 Å². The van der Waals surface area contributed by atoms with Gasteiger partial charge in [-0.25, -0.2) is 4.98 Å². The summed E-state index contributed by atoms with van der Waals surface area (Å²) in [5, 5.41) is 6.16. The molecule has 1 aliphatic carbocycles. The highest BCUT2D eigenvalue weighted by atomic mass is 35.5. The lowest BCUT2D eigenvalue weighted by Gasteiger charge is -2.26. The molecule has 1 fully saturated rings. The normalized spacial score (nSPS) is 20.1. The number of halogens is 1. The van der Waals surface area contributed by atoms with Gasteiger partial charge in [0.05, 0.1) is 6.10 Å². The standard InChI is InChI=1S/C21H22ClN3O/c22-16-2-1-3-18(12-16)25-21-11-15-10-20(7-4-14(15)13-24-21)26-19-8-5-17(23)6-9-19/h1-4,7,10-13,17,19H,5-6,8-9,23H2,(H,24,25)/t17-,19+. The number of nitrogens with zero attached hydrogens (tertiary/aromatic N) is 1. The first-order valence-corrected chi connectivity index (χ1v) is 9.38. The molecule has 3 aromatic rings. The molecule has 0 aliphatic heterocycles. The summed E-state index contributed by atoms with van der Waals surface area (Å²) in [6.45, 7) is 0. The Morgan fingerprint density at radius 3 is 2.65 bits per heavy atom. The van der Waals surface area contributed by atoms with Crippen molar-refractivity contribution >= 4 is 33.9 Å². The van der Waals surface area contributed by atoms with Gasteiger partial charge in [0.25, 0.3) is 0 Å². The van der Waals surface area contributed by atoms with Crippen molar-refractivity contribution in [2.75, 3.05) is 5.32 Å². The van der Waals surface area contributed by atoms with Crippen molar-refractivity contribution in [1.29, 1.82) is 0 Å². The molecule has 4 nitrogen and oxygen atoms in total. The average molecular weight is 368 g/mol. The number of hydrogen-bond donors (Lipinski definition) is 2. The van der Waals surface area contributed by atoms with Crippen LogP contribution in [-0.2, 0) is 0 Å². The number of nitrogens with one attached hydrogen (secondary N) is 1. The Bertz CT molecular complexity index is 907. The zero-order valence-corrected chi connectivity index (χ0v) is 15.2. The van der Waals surface area contributed by atoms with E-state index in [1.807, 2.05) is 42.6 Å². The highest BCUT2D eigenvalue weighted by Crippen LogP contribution is 2.28. The smallest absolute Gasteiger partial charge is 0.130 e. The minimum atomic E-state index is 0.262. The lowest BCUT2D eigenvalue weighted by Crippen LogP contribution is -2.31. The lowest BCUT2D eigenvalue weighted by molar-refractivity contribution is 0.147. The summed E-state index contributed by atoms with van der Waals surface area (Å²) < 4.78 is 6.17. The molecule has 26 heavy (non-hydrogen) atoms. The van der Waals surface area contributed by atoms with E-state index in [0.29, 0.717) is 11.1 Å². The van der Waals surface area contributed by atoms with Crippen LogP contribution < -0.4 is 15.8 Å². The molecule has 3 N–H and O–H groups in total. The maximum Gasteiger partial charge on any atom is 0.130 e. The van der Waals surface area contributed by atoms with Crippen molar-refractivity contribution in [3.63, 3.8) is 0 Å². The van der Waals surface area contributed by atoms with Gasteiger partial charge in [-0.2, -0.15) is 0 Å². The van der Waals surface area contributed by atoms with Crippen LogP contribution in [0.3, 0.4) is 0 Å². The van der Waals surface area contributed by atoms with Crippen LogP contribution in [0.25, 0.3) is 10.8 Å². The number of ether oxygens (including phenoxy) is 1. The Kier molecular flexibility index (Phi) is 4.96. The predicted octanol–water partition coefficient (Wildman–Crippen LogP) is 5.28. The number of nitrogens with two attached hydrogens (primary N) is 1. The highest BCUT2D eigenvalue weighted by molar-refractivity contribution is 6.30. The second-order valence-electron chi connectivity index (χ2n) is 6.87. The van der Waals surface area contributed by atoms with Gasteiger partial charge in [-0.05, 0) is 73.5 Å². The van der Waals surface area contributed by atoms with E-state index in [4.69, 9.17) is 22.1 Å². The molecule has 0 unspecified atom stereocenters. The SMILES string of the molecule is N[C@H]1CC[C@@H](Oc2ccc3cnc(Nc4cccc(Cl)c4)cc3c2)CC1. The van der Waals surface area contributed by atoms with Crippen LogP contribution in [-0.4, -0.2) is 17.1 Å². The third-order valence-corrected chi connectivity index (χ3v) is 5.05. The molecular weight excluding hydrogens is 346 g/mol. The monoisotopic (exact) mass is 367 g/mol. The van der Waals surface area contributed by atoms with Crippen molar-refractivity contribution in [2.24, 2.45) is 5.73 Å². The number of benzene rings is 2. The van der Waals surface area contributed by atoms with Crippen LogP contribution in [0.5, 0.6) is 5.75 Å². The van der Waals surface area contributed by atoms with Crippen LogP contribution in [0.2, 0.25) is 5.02 Å². The summed E-state index contributed by atoms with van der Waals surface area (Å²) >= 11 is 6.04. The van der Waals surface area contributed by atoms with Gasteiger partial charge in [0, 0.05) is 28.3 Å². The summed E-state index contributed by atoms with van der Waals surface area (Å²) in [5.41, 5.74) is 6.89. The van der Waals surface area contributed by atoms with Crippen molar-refractivity contribution in [3.8, 4) is 5.75 Å². The molecule has 0 atom stereocenters. The minimum Gasteiger partial charge on any atom is -0.490 e. The summed E-state index contributed by atoms with van der Waals surface area (Å²) in [6, 6.07) is 16.1. The molecule has 1 aliphatic rings. The Labute approximate surface area is 158 Å². The van der Waals surface area contributed by atoms with Crippen LogP contribution in [0.4, 0.5) is 11.5 Å². The lowest BCUT2D eigenvalue weighted by atomic mass is 9.94. The van der Waals surface area contributed by atoms with Gasteiger partial charge < -0.3 is 15.8 Å². The van der Waals surface area contributed by atoms with E-state index in [0.717, 1.165) is 53.7 Å². The maximum atomic E-state index is 6.17. The summed E-state index contributed by atoms with van der Waals surface area (Å²) in [4.78, 5) is 4.48. The number of anilines is 2. The topological polar surface area (TPSA) is 60.2 Å². The fourth-order valence-electron chi connectivity index (χ4n) is 3.37.